The van der Waals surface area contributed by atoms with E-state index in [0.717, 1.165) is 0 Å². The lowest BCUT2D eigenvalue weighted by molar-refractivity contribution is -0.141. The fourth-order valence-corrected chi connectivity index (χ4v) is 1.29. The number of nitrogens with one attached hydrogen (secondary N) is 2. The molecule has 0 saturated heterocycles. The Labute approximate surface area is 98.8 Å². The van der Waals surface area contributed by atoms with Crippen molar-refractivity contribution >= 4 is 17.7 Å². The highest BCUT2D eigenvalue weighted by atomic mass is 16.4. The standard InChI is InChI=1S/C10H16N4O3/c1-3-14(6-7(2)9(15)16)10(17)13-8-4-11-12-5-8/h4-5,7H,3,6H2,1-2H3,(H,11,12)(H,13,17)(H,15,16). The molecule has 1 unspecified atom stereocenters. The molecule has 0 aliphatic heterocycles. The highest BCUT2D eigenvalue weighted by Gasteiger charge is 2.19. The average Bonchev–Trinajstić information content (AvgIpc) is 2.77. The summed E-state index contributed by atoms with van der Waals surface area (Å²) in [5, 5.41) is 17.7. The quantitative estimate of drug-likeness (QED) is 0.714. The molecule has 0 aromatic carbocycles. The first-order chi connectivity index (χ1) is 8.04. The van der Waals surface area contributed by atoms with Gasteiger partial charge in [-0.25, -0.2) is 4.79 Å². The lowest BCUT2D eigenvalue weighted by atomic mass is 10.2. The summed E-state index contributed by atoms with van der Waals surface area (Å²) >= 11 is 0. The fraction of sp³-hybridized carbons (Fsp3) is 0.500. The molecule has 0 spiro atoms. The number of aromatic nitrogens is 2. The van der Waals surface area contributed by atoms with Crippen LogP contribution in [0.1, 0.15) is 13.8 Å². The molecule has 1 aromatic rings. The molecule has 1 heterocycles. The van der Waals surface area contributed by atoms with Gasteiger partial charge in [-0.05, 0) is 6.92 Å². The first kappa shape index (κ1) is 13.0. The van der Waals surface area contributed by atoms with E-state index in [2.05, 4.69) is 15.5 Å². The number of carboxylic acid groups (broad SMARTS) is 1. The summed E-state index contributed by atoms with van der Waals surface area (Å²) in [7, 11) is 0. The van der Waals surface area contributed by atoms with Gasteiger partial charge in [-0.2, -0.15) is 5.10 Å². The molecule has 94 valence electrons. The smallest absolute Gasteiger partial charge is 0.321 e. The second-order valence-corrected chi connectivity index (χ2v) is 3.70. The van der Waals surface area contributed by atoms with Gasteiger partial charge in [-0.1, -0.05) is 6.92 Å². The van der Waals surface area contributed by atoms with E-state index in [0.29, 0.717) is 12.2 Å². The number of hydrogen-bond donors (Lipinski definition) is 3. The van der Waals surface area contributed by atoms with Gasteiger partial charge in [0.05, 0.1) is 17.8 Å². The van der Waals surface area contributed by atoms with E-state index in [1.165, 1.54) is 11.1 Å². The maximum absolute atomic E-state index is 11.8. The minimum absolute atomic E-state index is 0.176. The number of hydrogen-bond acceptors (Lipinski definition) is 3. The van der Waals surface area contributed by atoms with Gasteiger partial charge in [0.15, 0.2) is 0 Å². The first-order valence-electron chi connectivity index (χ1n) is 5.32. The highest BCUT2D eigenvalue weighted by Crippen LogP contribution is 2.06. The van der Waals surface area contributed by atoms with Crippen LogP contribution in [-0.4, -0.2) is 45.3 Å². The molecule has 2 amide bonds. The topological polar surface area (TPSA) is 98.3 Å². The van der Waals surface area contributed by atoms with E-state index in [9.17, 15) is 9.59 Å². The number of rotatable bonds is 5. The van der Waals surface area contributed by atoms with Crippen LogP contribution >= 0.6 is 0 Å². The van der Waals surface area contributed by atoms with Crippen LogP contribution in [0.3, 0.4) is 0 Å². The third-order valence-corrected chi connectivity index (χ3v) is 2.33. The van der Waals surface area contributed by atoms with Crippen LogP contribution in [0.15, 0.2) is 12.4 Å². The van der Waals surface area contributed by atoms with Crippen molar-refractivity contribution in [2.75, 3.05) is 18.4 Å². The second kappa shape index (κ2) is 5.88. The third kappa shape index (κ3) is 3.78. The van der Waals surface area contributed by atoms with Crippen molar-refractivity contribution in [3.8, 4) is 0 Å². The SMILES string of the molecule is CCN(CC(C)C(=O)O)C(=O)Nc1cn[nH]c1. The number of amides is 2. The van der Waals surface area contributed by atoms with Crippen LogP contribution < -0.4 is 5.32 Å². The van der Waals surface area contributed by atoms with Crippen LogP contribution in [0.2, 0.25) is 0 Å². The van der Waals surface area contributed by atoms with Crippen molar-refractivity contribution in [2.24, 2.45) is 5.92 Å². The van der Waals surface area contributed by atoms with Gasteiger partial charge in [-0.15, -0.1) is 0 Å². The number of anilines is 1. The number of urea groups is 1. The van der Waals surface area contributed by atoms with Crippen molar-refractivity contribution in [3.05, 3.63) is 12.4 Å². The normalized spacial score (nSPS) is 11.9. The first-order valence-corrected chi connectivity index (χ1v) is 5.32. The Morgan fingerprint density at radius 2 is 2.35 bits per heavy atom. The molecule has 3 N–H and O–H groups in total. The number of nitrogens with zero attached hydrogens (tertiary/aromatic N) is 2. The van der Waals surface area contributed by atoms with Crippen molar-refractivity contribution in [1.82, 2.24) is 15.1 Å². The summed E-state index contributed by atoms with van der Waals surface area (Å²) in [6, 6.07) is -0.331. The summed E-state index contributed by atoms with van der Waals surface area (Å²) in [4.78, 5) is 23.9. The zero-order valence-corrected chi connectivity index (χ0v) is 9.80. The molecule has 1 rings (SSSR count). The Morgan fingerprint density at radius 1 is 1.65 bits per heavy atom. The average molecular weight is 240 g/mol. The van der Waals surface area contributed by atoms with E-state index in [-0.39, 0.29) is 12.6 Å². The molecule has 0 saturated carbocycles. The Morgan fingerprint density at radius 3 is 2.82 bits per heavy atom. The highest BCUT2D eigenvalue weighted by molar-refractivity contribution is 5.89. The minimum atomic E-state index is -0.917. The summed E-state index contributed by atoms with van der Waals surface area (Å²) in [6.07, 6.45) is 3.03. The Kier molecular flexibility index (Phi) is 4.50. The number of carboxylic acids is 1. The van der Waals surface area contributed by atoms with E-state index in [1.54, 1.807) is 20.0 Å². The predicted octanol–water partition coefficient (Wildman–Crippen LogP) is 0.984. The fourth-order valence-electron chi connectivity index (χ4n) is 1.29. The molecular formula is C10H16N4O3. The van der Waals surface area contributed by atoms with Crippen LogP contribution in [0.25, 0.3) is 0 Å². The predicted molar refractivity (Wildman–Crippen MR) is 61.7 cm³/mol. The molecule has 0 bridgehead atoms. The van der Waals surface area contributed by atoms with Gasteiger partial charge in [0.25, 0.3) is 0 Å². The zero-order chi connectivity index (χ0) is 12.8. The van der Waals surface area contributed by atoms with Gasteiger partial charge in [-0.3, -0.25) is 9.89 Å². The molecule has 1 atom stereocenters. The molecule has 7 nitrogen and oxygen atoms in total. The van der Waals surface area contributed by atoms with Gasteiger partial charge >= 0.3 is 12.0 Å². The van der Waals surface area contributed by atoms with Crippen LogP contribution in [-0.2, 0) is 4.79 Å². The number of aromatic amines is 1. The van der Waals surface area contributed by atoms with Gasteiger partial charge in [0.2, 0.25) is 0 Å². The third-order valence-electron chi connectivity index (χ3n) is 2.33. The maximum Gasteiger partial charge on any atom is 0.321 e. The molecule has 0 aliphatic carbocycles. The summed E-state index contributed by atoms with van der Waals surface area (Å²) in [5.74, 6) is -1.51. The Balaban J connectivity index is 2.55. The number of carbonyl (C=O) groups excluding carboxylic acids is 1. The van der Waals surface area contributed by atoms with Crippen LogP contribution in [0, 0.1) is 5.92 Å². The Bertz CT molecular complexity index is 377. The zero-order valence-electron chi connectivity index (χ0n) is 9.80. The largest absolute Gasteiger partial charge is 0.481 e. The van der Waals surface area contributed by atoms with Crippen LogP contribution in [0.5, 0.6) is 0 Å². The summed E-state index contributed by atoms with van der Waals surface area (Å²) in [6.45, 7) is 3.98. The maximum atomic E-state index is 11.8. The van der Waals surface area contributed by atoms with Crippen molar-refractivity contribution in [3.63, 3.8) is 0 Å². The monoisotopic (exact) mass is 240 g/mol. The van der Waals surface area contributed by atoms with E-state index < -0.39 is 11.9 Å². The van der Waals surface area contributed by atoms with Crippen molar-refractivity contribution in [1.29, 1.82) is 0 Å². The number of H-pyrrole nitrogens is 1. The van der Waals surface area contributed by atoms with Crippen LogP contribution in [0.4, 0.5) is 10.5 Å². The van der Waals surface area contributed by atoms with E-state index in [4.69, 9.17) is 5.11 Å². The minimum Gasteiger partial charge on any atom is -0.481 e. The lowest BCUT2D eigenvalue weighted by Gasteiger charge is -2.22. The van der Waals surface area contributed by atoms with E-state index >= 15 is 0 Å². The van der Waals surface area contributed by atoms with Crippen molar-refractivity contribution < 1.29 is 14.7 Å². The van der Waals surface area contributed by atoms with Gasteiger partial charge in [0.1, 0.15) is 0 Å². The summed E-state index contributed by atoms with van der Waals surface area (Å²) < 4.78 is 0. The molecule has 0 fully saturated rings. The number of carbonyl (C=O) groups is 2. The second-order valence-electron chi connectivity index (χ2n) is 3.70. The summed E-state index contributed by atoms with van der Waals surface area (Å²) in [5.41, 5.74) is 0.552. The van der Waals surface area contributed by atoms with E-state index in [1.807, 2.05) is 0 Å². The molecule has 7 heteroatoms. The Hall–Kier alpha value is -2.05. The lowest BCUT2D eigenvalue weighted by Crippen LogP contribution is -2.39. The molecule has 0 aliphatic rings. The number of aliphatic carboxylic acids is 1. The molecule has 0 radical (unpaired) electrons. The molecular weight excluding hydrogens is 224 g/mol. The van der Waals surface area contributed by atoms with Gasteiger partial charge in [0, 0.05) is 19.3 Å². The molecule has 17 heavy (non-hydrogen) atoms. The van der Waals surface area contributed by atoms with Gasteiger partial charge < -0.3 is 15.3 Å². The molecule has 1 aromatic heterocycles. The van der Waals surface area contributed by atoms with Crippen molar-refractivity contribution in [2.45, 2.75) is 13.8 Å².